The summed E-state index contributed by atoms with van der Waals surface area (Å²) >= 11 is 7.77. The van der Waals surface area contributed by atoms with Crippen LogP contribution in [0, 0.1) is 6.92 Å². The van der Waals surface area contributed by atoms with Crippen LogP contribution in [0.15, 0.2) is 53.9 Å². The van der Waals surface area contributed by atoms with Gasteiger partial charge >= 0.3 is 5.97 Å². The summed E-state index contributed by atoms with van der Waals surface area (Å²) in [6.07, 6.45) is 1.67. The highest BCUT2D eigenvalue weighted by atomic mass is 35.5. The van der Waals surface area contributed by atoms with Gasteiger partial charge in [0.25, 0.3) is 0 Å². The molecule has 0 amide bonds. The van der Waals surface area contributed by atoms with Gasteiger partial charge in [-0.15, -0.1) is 10.2 Å². The van der Waals surface area contributed by atoms with E-state index in [1.165, 1.54) is 7.11 Å². The van der Waals surface area contributed by atoms with Gasteiger partial charge in [-0.25, -0.2) is 4.79 Å². The number of esters is 1. The molecule has 0 saturated heterocycles. The zero-order valence-corrected chi connectivity index (χ0v) is 15.3. The molecule has 0 aliphatic heterocycles. The molecular weight excluding hydrogens is 358 g/mol. The number of hydrogen-bond acceptors (Lipinski definition) is 5. The lowest BCUT2D eigenvalue weighted by molar-refractivity contribution is 0.0600. The summed E-state index contributed by atoms with van der Waals surface area (Å²) in [4.78, 5) is 11.5. The molecule has 0 aliphatic rings. The summed E-state index contributed by atoms with van der Waals surface area (Å²) in [5.41, 5.74) is 3.56. The number of halogens is 1. The van der Waals surface area contributed by atoms with E-state index < -0.39 is 0 Å². The van der Waals surface area contributed by atoms with Crippen LogP contribution in [-0.4, -0.2) is 27.8 Å². The van der Waals surface area contributed by atoms with Gasteiger partial charge in [0.2, 0.25) is 0 Å². The van der Waals surface area contributed by atoms with Gasteiger partial charge in [-0.2, -0.15) is 0 Å². The molecule has 2 aromatic carbocycles. The minimum atomic E-state index is -0.338. The lowest BCUT2D eigenvalue weighted by Gasteiger charge is -2.08. The predicted octanol–water partition coefficient (Wildman–Crippen LogP) is 4.31. The highest BCUT2D eigenvalue weighted by Crippen LogP contribution is 2.26. The average Bonchev–Trinajstić information content (AvgIpc) is 3.10. The third-order valence-corrected chi connectivity index (χ3v) is 5.11. The molecule has 25 heavy (non-hydrogen) atoms. The molecule has 0 atom stereocenters. The van der Waals surface area contributed by atoms with E-state index in [2.05, 4.69) is 10.2 Å². The van der Waals surface area contributed by atoms with Crippen LogP contribution in [0.25, 0.3) is 5.69 Å². The van der Waals surface area contributed by atoms with Crippen LogP contribution in [0.2, 0.25) is 5.02 Å². The molecule has 0 fully saturated rings. The van der Waals surface area contributed by atoms with Crippen LogP contribution in [0.4, 0.5) is 0 Å². The van der Waals surface area contributed by atoms with E-state index in [-0.39, 0.29) is 5.97 Å². The van der Waals surface area contributed by atoms with Crippen LogP contribution in [0.5, 0.6) is 0 Å². The number of rotatable bonds is 5. The summed E-state index contributed by atoms with van der Waals surface area (Å²) in [5, 5.41) is 9.66. The molecule has 0 unspecified atom stereocenters. The van der Waals surface area contributed by atoms with Gasteiger partial charge in [-0.05, 0) is 42.3 Å². The second-order valence-electron chi connectivity index (χ2n) is 5.39. The summed E-state index contributed by atoms with van der Waals surface area (Å²) in [6.45, 7) is 1.96. The number of hydrogen-bond donors (Lipinski definition) is 0. The van der Waals surface area contributed by atoms with Crippen molar-refractivity contribution in [1.82, 2.24) is 14.8 Å². The Labute approximate surface area is 155 Å². The van der Waals surface area contributed by atoms with Crippen molar-refractivity contribution in [3.8, 4) is 5.69 Å². The summed E-state index contributed by atoms with van der Waals surface area (Å²) < 4.78 is 6.60. The number of aryl methyl sites for hydroxylation is 1. The molecule has 3 aromatic rings. The first kappa shape index (κ1) is 17.5. The first-order chi connectivity index (χ1) is 12.1. The molecule has 5 nitrogen and oxygen atoms in total. The van der Waals surface area contributed by atoms with Crippen molar-refractivity contribution in [1.29, 1.82) is 0 Å². The molecule has 1 heterocycles. The largest absolute Gasteiger partial charge is 0.465 e. The SMILES string of the molecule is COC(=O)c1ccc(CSc2nncn2-c2ccc(C)c(Cl)c2)cc1. The van der Waals surface area contributed by atoms with E-state index in [4.69, 9.17) is 16.3 Å². The second kappa shape index (κ2) is 7.72. The fraction of sp³-hybridized carbons (Fsp3) is 0.167. The molecule has 0 bridgehead atoms. The summed E-state index contributed by atoms with van der Waals surface area (Å²) in [5.74, 6) is 0.370. The molecule has 0 saturated carbocycles. The molecule has 0 spiro atoms. The van der Waals surface area contributed by atoms with Crippen LogP contribution in [0.1, 0.15) is 21.5 Å². The topological polar surface area (TPSA) is 57.0 Å². The normalized spacial score (nSPS) is 10.7. The third kappa shape index (κ3) is 4.03. The van der Waals surface area contributed by atoms with Gasteiger partial charge < -0.3 is 4.74 Å². The minimum Gasteiger partial charge on any atom is -0.465 e. The Morgan fingerprint density at radius 1 is 1.24 bits per heavy atom. The van der Waals surface area contributed by atoms with E-state index in [1.807, 2.05) is 41.8 Å². The minimum absolute atomic E-state index is 0.338. The molecule has 3 rings (SSSR count). The van der Waals surface area contributed by atoms with Crippen molar-refractivity contribution in [3.63, 3.8) is 0 Å². The van der Waals surface area contributed by atoms with Crippen molar-refractivity contribution in [2.24, 2.45) is 0 Å². The monoisotopic (exact) mass is 373 g/mol. The Morgan fingerprint density at radius 3 is 2.68 bits per heavy atom. The van der Waals surface area contributed by atoms with Crippen molar-refractivity contribution >= 4 is 29.3 Å². The summed E-state index contributed by atoms with van der Waals surface area (Å²) in [6, 6.07) is 13.2. The second-order valence-corrected chi connectivity index (χ2v) is 6.74. The Hall–Kier alpha value is -2.31. The van der Waals surface area contributed by atoms with Crippen LogP contribution in [-0.2, 0) is 10.5 Å². The lowest BCUT2D eigenvalue weighted by atomic mass is 10.1. The van der Waals surface area contributed by atoms with Crippen molar-refractivity contribution in [3.05, 3.63) is 70.5 Å². The van der Waals surface area contributed by atoms with Crippen LogP contribution >= 0.6 is 23.4 Å². The predicted molar refractivity (Wildman–Crippen MR) is 98.4 cm³/mol. The highest BCUT2D eigenvalue weighted by Gasteiger charge is 2.10. The Bertz CT molecular complexity index is 894. The zero-order valence-electron chi connectivity index (χ0n) is 13.8. The molecular formula is C18H16ClN3O2S. The van der Waals surface area contributed by atoms with Gasteiger partial charge in [-0.1, -0.05) is 41.6 Å². The number of benzene rings is 2. The van der Waals surface area contributed by atoms with E-state index in [9.17, 15) is 4.79 Å². The number of aromatic nitrogens is 3. The quantitative estimate of drug-likeness (QED) is 0.492. The van der Waals surface area contributed by atoms with Crippen LogP contribution in [0.3, 0.4) is 0 Å². The van der Waals surface area contributed by atoms with Crippen molar-refractivity contribution in [2.45, 2.75) is 17.8 Å². The Balaban J connectivity index is 1.73. The number of carbonyl (C=O) groups is 1. The van der Waals surface area contributed by atoms with Gasteiger partial charge in [0, 0.05) is 10.8 Å². The Kier molecular flexibility index (Phi) is 5.40. The number of methoxy groups -OCH3 is 1. The fourth-order valence-electron chi connectivity index (χ4n) is 2.23. The molecule has 0 N–H and O–H groups in total. The Morgan fingerprint density at radius 2 is 2.00 bits per heavy atom. The maximum absolute atomic E-state index is 11.5. The maximum atomic E-state index is 11.5. The maximum Gasteiger partial charge on any atom is 0.337 e. The number of ether oxygens (including phenoxy) is 1. The molecule has 0 aliphatic carbocycles. The van der Waals surface area contributed by atoms with E-state index in [1.54, 1.807) is 30.2 Å². The zero-order chi connectivity index (χ0) is 17.8. The van der Waals surface area contributed by atoms with E-state index in [0.717, 1.165) is 22.0 Å². The van der Waals surface area contributed by atoms with Crippen LogP contribution < -0.4 is 0 Å². The van der Waals surface area contributed by atoms with Gasteiger partial charge in [0.05, 0.1) is 18.4 Å². The van der Waals surface area contributed by atoms with Gasteiger partial charge in [-0.3, -0.25) is 4.57 Å². The van der Waals surface area contributed by atoms with E-state index >= 15 is 0 Å². The first-order valence-corrected chi connectivity index (χ1v) is 8.91. The fourth-order valence-corrected chi connectivity index (χ4v) is 3.29. The number of nitrogens with zero attached hydrogens (tertiary/aromatic N) is 3. The van der Waals surface area contributed by atoms with Crippen molar-refractivity contribution < 1.29 is 9.53 Å². The smallest absolute Gasteiger partial charge is 0.337 e. The molecule has 0 radical (unpaired) electrons. The van der Waals surface area contributed by atoms with Crippen molar-refractivity contribution in [2.75, 3.05) is 7.11 Å². The average molecular weight is 374 g/mol. The molecule has 128 valence electrons. The third-order valence-electron chi connectivity index (χ3n) is 3.69. The molecule has 7 heteroatoms. The number of carbonyl (C=O) groups excluding carboxylic acids is 1. The standard InChI is InChI=1S/C18H16ClN3O2S/c1-12-3-8-15(9-16(12)19)22-11-20-21-18(22)25-10-13-4-6-14(7-5-13)17(23)24-2/h3-9,11H,10H2,1-2H3. The lowest BCUT2D eigenvalue weighted by Crippen LogP contribution is -2.00. The van der Waals surface area contributed by atoms with Gasteiger partial charge in [0.15, 0.2) is 5.16 Å². The van der Waals surface area contributed by atoms with Gasteiger partial charge in [0.1, 0.15) is 6.33 Å². The highest BCUT2D eigenvalue weighted by molar-refractivity contribution is 7.98. The number of thioether (sulfide) groups is 1. The summed E-state index contributed by atoms with van der Waals surface area (Å²) in [7, 11) is 1.37. The molecule has 1 aromatic heterocycles. The first-order valence-electron chi connectivity index (χ1n) is 7.55. The van der Waals surface area contributed by atoms with E-state index in [0.29, 0.717) is 16.3 Å².